The second-order valence-electron chi connectivity index (χ2n) is 2.02. The van der Waals surface area contributed by atoms with Crippen LogP contribution in [-0.4, -0.2) is 11.0 Å². The zero-order valence-electron chi connectivity index (χ0n) is 5.67. The first-order chi connectivity index (χ1) is 4.22. The minimum atomic E-state index is -0.421. The van der Waals surface area contributed by atoms with Gasteiger partial charge in [0.1, 0.15) is 0 Å². The second-order valence-corrected chi connectivity index (χ2v) is 2.02. The summed E-state index contributed by atoms with van der Waals surface area (Å²) in [5, 5.41) is 10.1. The lowest BCUT2D eigenvalue weighted by Crippen LogP contribution is -2.17. The highest BCUT2D eigenvalue weighted by molar-refractivity contribution is 4.56. The van der Waals surface area contributed by atoms with Crippen molar-refractivity contribution in [3.05, 3.63) is 17.0 Å². The Morgan fingerprint density at radius 3 is 2.44 bits per heavy atom. The summed E-state index contributed by atoms with van der Waals surface area (Å²) in [5.41, 5.74) is 0. The quantitative estimate of drug-likeness (QED) is 0.429. The Bertz CT molecular complexity index is 93.1. The van der Waals surface area contributed by atoms with Crippen molar-refractivity contribution in [1.82, 2.24) is 0 Å². The largest absolute Gasteiger partial charge is 0.264 e. The topological polar surface area (TPSA) is 43.1 Å². The smallest absolute Gasteiger partial charge is 0.213 e. The van der Waals surface area contributed by atoms with Gasteiger partial charge in [0.05, 0.1) is 0 Å². The van der Waals surface area contributed by atoms with Gasteiger partial charge in [0, 0.05) is 17.8 Å². The Morgan fingerprint density at radius 2 is 2.33 bits per heavy atom. The molecular weight excluding hydrogens is 118 g/mol. The van der Waals surface area contributed by atoms with Gasteiger partial charge in [0.15, 0.2) is 0 Å². The van der Waals surface area contributed by atoms with E-state index >= 15 is 0 Å². The van der Waals surface area contributed by atoms with E-state index in [1.54, 1.807) is 0 Å². The summed E-state index contributed by atoms with van der Waals surface area (Å²) in [4.78, 5) is 9.83. The third kappa shape index (κ3) is 3.06. The first kappa shape index (κ1) is 8.40. The summed E-state index contributed by atoms with van der Waals surface area (Å²) in [7, 11) is 0. The summed E-state index contributed by atoms with van der Waals surface area (Å²) in [6, 6.07) is -0.421. The van der Waals surface area contributed by atoms with Crippen LogP contribution in [0.25, 0.3) is 0 Å². The van der Waals surface area contributed by atoms with Gasteiger partial charge in [-0.2, -0.15) is 0 Å². The fourth-order valence-electron chi connectivity index (χ4n) is 0.688. The lowest BCUT2D eigenvalue weighted by molar-refractivity contribution is -0.522. The molecule has 0 bridgehead atoms. The maximum Gasteiger partial charge on any atom is 0.213 e. The van der Waals surface area contributed by atoms with Crippen LogP contribution in [-0.2, 0) is 0 Å². The Labute approximate surface area is 55.2 Å². The molecule has 0 spiro atoms. The van der Waals surface area contributed by atoms with Crippen molar-refractivity contribution in [2.45, 2.75) is 32.2 Å². The molecule has 0 aromatic carbocycles. The zero-order valence-corrected chi connectivity index (χ0v) is 5.67. The van der Waals surface area contributed by atoms with Crippen LogP contribution in [0.15, 0.2) is 0 Å². The Morgan fingerprint density at radius 1 is 1.78 bits per heavy atom. The van der Waals surface area contributed by atoms with Gasteiger partial charge >= 0.3 is 0 Å². The van der Waals surface area contributed by atoms with Gasteiger partial charge in [-0.25, -0.2) is 0 Å². The van der Waals surface area contributed by atoms with Gasteiger partial charge in [-0.05, 0) is 13.3 Å². The molecular formula is C6H12NO2. The average Bonchev–Trinajstić information content (AvgIpc) is 1.82. The molecule has 3 nitrogen and oxygen atoms in total. The van der Waals surface area contributed by atoms with Crippen molar-refractivity contribution >= 4 is 0 Å². The molecule has 0 aliphatic rings. The fraction of sp³-hybridized carbons (Fsp3) is 0.833. The van der Waals surface area contributed by atoms with E-state index in [0.717, 1.165) is 6.42 Å². The molecule has 3 heteroatoms. The number of rotatable bonds is 4. The second kappa shape index (κ2) is 4.30. The molecule has 0 saturated heterocycles. The van der Waals surface area contributed by atoms with Gasteiger partial charge in [0.25, 0.3) is 0 Å². The van der Waals surface area contributed by atoms with Crippen molar-refractivity contribution in [1.29, 1.82) is 0 Å². The van der Waals surface area contributed by atoms with Gasteiger partial charge < -0.3 is 0 Å². The first-order valence-electron chi connectivity index (χ1n) is 3.15. The van der Waals surface area contributed by atoms with E-state index in [-0.39, 0.29) is 4.92 Å². The van der Waals surface area contributed by atoms with E-state index in [0.29, 0.717) is 12.8 Å². The first-order valence-corrected chi connectivity index (χ1v) is 3.15. The van der Waals surface area contributed by atoms with Crippen LogP contribution in [0.1, 0.15) is 26.2 Å². The summed E-state index contributed by atoms with van der Waals surface area (Å²) >= 11 is 0. The lowest BCUT2D eigenvalue weighted by Gasteiger charge is -2.02. The third-order valence-corrected chi connectivity index (χ3v) is 1.25. The third-order valence-electron chi connectivity index (χ3n) is 1.25. The predicted molar refractivity (Wildman–Crippen MR) is 35.7 cm³/mol. The number of nitrogens with zero attached hydrogens (tertiary/aromatic N) is 1. The molecule has 0 saturated carbocycles. The molecule has 0 aromatic heterocycles. The van der Waals surface area contributed by atoms with E-state index in [1.165, 1.54) is 0 Å². The molecule has 1 radical (unpaired) electrons. The Balaban J connectivity index is 3.54. The van der Waals surface area contributed by atoms with Crippen LogP contribution >= 0.6 is 0 Å². The van der Waals surface area contributed by atoms with Crippen LogP contribution in [0.4, 0.5) is 0 Å². The summed E-state index contributed by atoms with van der Waals surface area (Å²) in [6.07, 6.45) is 1.92. The maximum atomic E-state index is 10.1. The molecule has 53 valence electrons. The van der Waals surface area contributed by atoms with Crippen LogP contribution in [0.2, 0.25) is 0 Å². The fourth-order valence-corrected chi connectivity index (χ4v) is 0.688. The minimum Gasteiger partial charge on any atom is -0.264 e. The number of hydrogen-bond acceptors (Lipinski definition) is 2. The van der Waals surface area contributed by atoms with Crippen molar-refractivity contribution in [2.75, 3.05) is 0 Å². The van der Waals surface area contributed by atoms with Crippen molar-refractivity contribution < 1.29 is 4.92 Å². The molecule has 0 heterocycles. The molecule has 0 aliphatic carbocycles. The highest BCUT2D eigenvalue weighted by Gasteiger charge is 2.14. The van der Waals surface area contributed by atoms with Crippen LogP contribution in [0, 0.1) is 17.0 Å². The van der Waals surface area contributed by atoms with Crippen molar-refractivity contribution in [3.8, 4) is 0 Å². The predicted octanol–water partition coefficient (Wildman–Crippen LogP) is 1.66. The van der Waals surface area contributed by atoms with Crippen LogP contribution in [0.3, 0.4) is 0 Å². The SMILES string of the molecule is [CH2]CC(CCC)[N+](=O)[O-]. The molecule has 0 amide bonds. The molecule has 9 heavy (non-hydrogen) atoms. The number of hydrogen-bond donors (Lipinski definition) is 0. The highest BCUT2D eigenvalue weighted by Crippen LogP contribution is 2.03. The van der Waals surface area contributed by atoms with Crippen LogP contribution in [0.5, 0.6) is 0 Å². The summed E-state index contributed by atoms with van der Waals surface area (Å²) < 4.78 is 0. The van der Waals surface area contributed by atoms with Crippen LogP contribution < -0.4 is 0 Å². The van der Waals surface area contributed by atoms with Gasteiger partial charge in [-0.3, -0.25) is 10.1 Å². The van der Waals surface area contributed by atoms with Gasteiger partial charge in [-0.1, -0.05) is 6.92 Å². The van der Waals surface area contributed by atoms with Gasteiger partial charge in [0.2, 0.25) is 6.04 Å². The van der Waals surface area contributed by atoms with Crippen molar-refractivity contribution in [2.24, 2.45) is 0 Å². The molecule has 0 fully saturated rings. The van der Waals surface area contributed by atoms with Crippen molar-refractivity contribution in [3.63, 3.8) is 0 Å². The Hall–Kier alpha value is -0.600. The lowest BCUT2D eigenvalue weighted by atomic mass is 10.1. The highest BCUT2D eigenvalue weighted by atomic mass is 16.6. The minimum absolute atomic E-state index is 0.253. The zero-order chi connectivity index (χ0) is 7.28. The van der Waals surface area contributed by atoms with E-state index in [1.807, 2.05) is 6.92 Å². The molecule has 0 N–H and O–H groups in total. The molecule has 1 atom stereocenters. The maximum absolute atomic E-state index is 10.1. The van der Waals surface area contributed by atoms with E-state index in [9.17, 15) is 10.1 Å². The number of nitro groups is 1. The normalized spacial score (nSPS) is 13.1. The molecule has 0 aromatic rings. The van der Waals surface area contributed by atoms with E-state index < -0.39 is 6.04 Å². The molecule has 0 rings (SSSR count). The van der Waals surface area contributed by atoms with E-state index in [2.05, 4.69) is 6.92 Å². The van der Waals surface area contributed by atoms with E-state index in [4.69, 9.17) is 0 Å². The van der Waals surface area contributed by atoms with Gasteiger partial charge in [-0.15, -0.1) is 0 Å². The molecule has 1 unspecified atom stereocenters. The summed E-state index contributed by atoms with van der Waals surface area (Å²) in [6.45, 7) is 5.42. The Kier molecular flexibility index (Phi) is 4.01. The summed E-state index contributed by atoms with van der Waals surface area (Å²) in [5.74, 6) is 0. The molecule has 0 aliphatic heterocycles. The monoisotopic (exact) mass is 130 g/mol. The average molecular weight is 130 g/mol. The standard InChI is InChI=1S/C6H12NO2/c1-3-5-6(4-2)7(8)9/h6H,2-5H2,1H3.